The van der Waals surface area contributed by atoms with Crippen molar-refractivity contribution >= 4 is 26.7 Å². The number of benzene rings is 3. The Bertz CT molecular complexity index is 1490. The minimum atomic E-state index is -3.85. The first-order valence-electron chi connectivity index (χ1n) is 11.7. The molecule has 0 N–H and O–H groups in total. The molecule has 5 nitrogen and oxygen atoms in total. The van der Waals surface area contributed by atoms with Gasteiger partial charge in [-0.3, -0.25) is 9.78 Å². The lowest BCUT2D eigenvalue weighted by Crippen LogP contribution is -2.40. The van der Waals surface area contributed by atoms with Crippen LogP contribution in [0.3, 0.4) is 0 Å². The Morgan fingerprint density at radius 3 is 2.60 bits per heavy atom. The molecule has 0 radical (unpaired) electrons. The molecule has 2 heterocycles. The average molecular weight is 489 g/mol. The summed E-state index contributed by atoms with van der Waals surface area (Å²) in [4.78, 5) is 17.5. The number of hydrogen-bond acceptors (Lipinski definition) is 4. The van der Waals surface area contributed by atoms with E-state index in [0.717, 1.165) is 39.7 Å². The minimum absolute atomic E-state index is 0.0110. The van der Waals surface area contributed by atoms with Crippen LogP contribution in [-0.2, 0) is 21.2 Å². The standard InChI is InChI=1S/C28H25FN2O3S/c29-24-10-12-25(13-11-24)35(33,34)31-17-3-7-27(31)28(32)15-8-20-4-1-5-21(18-20)22-9-14-26-23(19-22)6-2-16-30-26/h1-2,4-6,9-14,16,18-19,27H,3,7-8,15,17H2/t27-/m0/s1. The summed E-state index contributed by atoms with van der Waals surface area (Å²) >= 11 is 0. The van der Waals surface area contributed by atoms with Gasteiger partial charge in [0.1, 0.15) is 5.82 Å². The van der Waals surface area contributed by atoms with Crippen LogP contribution in [0.5, 0.6) is 0 Å². The summed E-state index contributed by atoms with van der Waals surface area (Å²) in [7, 11) is -3.85. The lowest BCUT2D eigenvalue weighted by atomic mass is 9.98. The molecule has 1 aliphatic heterocycles. The van der Waals surface area contributed by atoms with E-state index in [1.807, 2.05) is 42.5 Å². The van der Waals surface area contributed by atoms with Crippen molar-refractivity contribution in [2.45, 2.75) is 36.6 Å². The van der Waals surface area contributed by atoms with Crippen molar-refractivity contribution in [1.29, 1.82) is 0 Å². The highest BCUT2D eigenvalue weighted by atomic mass is 32.2. The summed E-state index contributed by atoms with van der Waals surface area (Å²) in [6.07, 6.45) is 3.69. The van der Waals surface area contributed by atoms with Crippen molar-refractivity contribution in [2.75, 3.05) is 6.54 Å². The van der Waals surface area contributed by atoms with Crippen molar-refractivity contribution in [3.05, 3.63) is 96.4 Å². The normalized spacial score (nSPS) is 16.5. The Morgan fingerprint density at radius 2 is 1.77 bits per heavy atom. The Balaban J connectivity index is 1.29. The third-order valence-corrected chi connectivity index (χ3v) is 8.44. The predicted octanol–water partition coefficient (Wildman–Crippen LogP) is 5.40. The zero-order chi connectivity index (χ0) is 24.4. The van der Waals surface area contributed by atoms with Crippen LogP contribution in [0.4, 0.5) is 4.39 Å². The SMILES string of the molecule is O=C(CCc1cccc(-c2ccc3ncccc3c2)c1)[C@@H]1CCCN1S(=O)(=O)c1ccc(F)cc1. The molecule has 0 amide bonds. The van der Waals surface area contributed by atoms with E-state index in [1.165, 1.54) is 16.4 Å². The first-order valence-corrected chi connectivity index (χ1v) is 13.1. The van der Waals surface area contributed by atoms with Gasteiger partial charge in [0.2, 0.25) is 10.0 Å². The fourth-order valence-electron chi connectivity index (χ4n) is 4.69. The van der Waals surface area contributed by atoms with Crippen LogP contribution in [0.2, 0.25) is 0 Å². The fraction of sp³-hybridized carbons (Fsp3) is 0.214. The summed E-state index contributed by atoms with van der Waals surface area (Å²) in [5.41, 5.74) is 4.09. The van der Waals surface area contributed by atoms with Crippen molar-refractivity contribution in [3.63, 3.8) is 0 Å². The second-order valence-corrected chi connectivity index (χ2v) is 10.7. The highest BCUT2D eigenvalue weighted by Crippen LogP contribution is 2.29. The molecular weight excluding hydrogens is 463 g/mol. The predicted molar refractivity (Wildman–Crippen MR) is 134 cm³/mol. The van der Waals surface area contributed by atoms with Gasteiger partial charge in [0, 0.05) is 24.5 Å². The number of Topliss-reactive ketones (excluding diaryl/α,β-unsaturated/α-hetero) is 1. The first kappa shape index (κ1) is 23.3. The van der Waals surface area contributed by atoms with Crippen molar-refractivity contribution < 1.29 is 17.6 Å². The first-order chi connectivity index (χ1) is 16.9. The lowest BCUT2D eigenvalue weighted by molar-refractivity contribution is -0.122. The van der Waals surface area contributed by atoms with Crippen LogP contribution in [0.1, 0.15) is 24.8 Å². The fourth-order valence-corrected chi connectivity index (χ4v) is 6.37. The number of fused-ring (bicyclic) bond motifs is 1. The Labute approximate surface area is 204 Å². The van der Waals surface area contributed by atoms with Gasteiger partial charge >= 0.3 is 0 Å². The number of carbonyl (C=O) groups excluding carboxylic acids is 1. The average Bonchev–Trinajstić information content (AvgIpc) is 3.39. The zero-order valence-corrected chi connectivity index (χ0v) is 19.9. The monoisotopic (exact) mass is 488 g/mol. The number of aryl methyl sites for hydroxylation is 1. The number of pyridine rings is 1. The number of rotatable bonds is 7. The molecule has 5 rings (SSSR count). The molecule has 0 spiro atoms. The van der Waals surface area contributed by atoms with E-state index >= 15 is 0 Å². The number of halogens is 1. The maximum atomic E-state index is 13.3. The molecule has 1 saturated heterocycles. The number of sulfonamides is 1. The van der Waals surface area contributed by atoms with E-state index in [2.05, 4.69) is 17.1 Å². The van der Waals surface area contributed by atoms with Crippen LogP contribution in [-0.4, -0.2) is 36.1 Å². The highest BCUT2D eigenvalue weighted by Gasteiger charge is 2.38. The maximum absolute atomic E-state index is 13.3. The van der Waals surface area contributed by atoms with E-state index in [9.17, 15) is 17.6 Å². The molecule has 7 heteroatoms. The molecule has 1 aliphatic rings. The van der Waals surface area contributed by atoms with E-state index < -0.39 is 21.9 Å². The molecule has 0 unspecified atom stereocenters. The molecule has 1 aromatic heterocycles. The zero-order valence-electron chi connectivity index (χ0n) is 19.1. The Kier molecular flexibility index (Phi) is 6.45. The van der Waals surface area contributed by atoms with Gasteiger partial charge in [-0.1, -0.05) is 36.4 Å². The van der Waals surface area contributed by atoms with Gasteiger partial charge in [0.05, 0.1) is 16.5 Å². The van der Waals surface area contributed by atoms with E-state index in [0.29, 0.717) is 25.8 Å². The van der Waals surface area contributed by atoms with E-state index in [1.54, 1.807) is 6.20 Å². The Morgan fingerprint density at radius 1 is 0.971 bits per heavy atom. The molecule has 1 fully saturated rings. The molecule has 1 atom stereocenters. The van der Waals surface area contributed by atoms with Crippen molar-refractivity contribution in [2.24, 2.45) is 0 Å². The van der Waals surface area contributed by atoms with Crippen molar-refractivity contribution in [3.8, 4) is 11.1 Å². The summed E-state index contributed by atoms with van der Waals surface area (Å²) in [5.74, 6) is -0.587. The minimum Gasteiger partial charge on any atom is -0.298 e. The third-order valence-electron chi connectivity index (χ3n) is 6.52. The highest BCUT2D eigenvalue weighted by molar-refractivity contribution is 7.89. The van der Waals surface area contributed by atoms with Crippen LogP contribution in [0, 0.1) is 5.82 Å². The summed E-state index contributed by atoms with van der Waals surface area (Å²) in [5, 5.41) is 1.06. The molecule has 3 aromatic carbocycles. The molecule has 4 aromatic rings. The third kappa shape index (κ3) is 4.88. The maximum Gasteiger partial charge on any atom is 0.243 e. The quantitative estimate of drug-likeness (QED) is 0.350. The molecule has 0 aliphatic carbocycles. The number of nitrogens with zero attached hydrogens (tertiary/aromatic N) is 2. The topological polar surface area (TPSA) is 67.3 Å². The number of carbonyl (C=O) groups is 1. The van der Waals surface area contributed by atoms with Crippen molar-refractivity contribution in [1.82, 2.24) is 9.29 Å². The van der Waals surface area contributed by atoms with Gasteiger partial charge in [0.15, 0.2) is 5.78 Å². The molecular formula is C28H25FN2O3S. The molecule has 178 valence electrons. The summed E-state index contributed by atoms with van der Waals surface area (Å²) in [6.45, 7) is 0.294. The van der Waals surface area contributed by atoms with Crippen LogP contribution < -0.4 is 0 Å². The molecule has 0 bridgehead atoms. The number of ketones is 1. The summed E-state index contributed by atoms with van der Waals surface area (Å²) in [6, 6.07) is 22.2. The number of aromatic nitrogens is 1. The second-order valence-electron chi connectivity index (χ2n) is 8.81. The second kappa shape index (κ2) is 9.68. The van der Waals surface area contributed by atoms with Gasteiger partial charge in [-0.05, 0) is 78.4 Å². The smallest absolute Gasteiger partial charge is 0.243 e. The van der Waals surface area contributed by atoms with E-state index in [-0.39, 0.29) is 17.1 Å². The van der Waals surface area contributed by atoms with Gasteiger partial charge < -0.3 is 0 Å². The lowest BCUT2D eigenvalue weighted by Gasteiger charge is -2.23. The number of hydrogen-bond donors (Lipinski definition) is 0. The summed E-state index contributed by atoms with van der Waals surface area (Å²) < 4.78 is 40.7. The van der Waals surface area contributed by atoms with E-state index in [4.69, 9.17) is 0 Å². The van der Waals surface area contributed by atoms with Gasteiger partial charge in [0.25, 0.3) is 0 Å². The van der Waals surface area contributed by atoms with Crippen LogP contribution in [0.15, 0.2) is 90.0 Å². The van der Waals surface area contributed by atoms with Gasteiger partial charge in [-0.25, -0.2) is 12.8 Å². The van der Waals surface area contributed by atoms with Gasteiger partial charge in [-0.2, -0.15) is 4.31 Å². The van der Waals surface area contributed by atoms with Crippen LogP contribution in [0.25, 0.3) is 22.0 Å². The largest absolute Gasteiger partial charge is 0.298 e. The Hall–Kier alpha value is -3.42. The molecule has 35 heavy (non-hydrogen) atoms. The molecule has 0 saturated carbocycles. The van der Waals surface area contributed by atoms with Crippen LogP contribution >= 0.6 is 0 Å². The van der Waals surface area contributed by atoms with Gasteiger partial charge in [-0.15, -0.1) is 0 Å².